The van der Waals surface area contributed by atoms with E-state index < -0.39 is 0 Å². The Morgan fingerprint density at radius 1 is 1.05 bits per heavy atom. The van der Waals surface area contributed by atoms with Gasteiger partial charge in [-0.05, 0) is 41.4 Å². The molecule has 0 amide bonds. The number of rotatable bonds is 4. The van der Waals surface area contributed by atoms with Crippen LogP contribution in [0.4, 0.5) is 0 Å². The van der Waals surface area contributed by atoms with E-state index in [9.17, 15) is 0 Å². The second kappa shape index (κ2) is 6.58. The third kappa shape index (κ3) is 3.83. The summed E-state index contributed by atoms with van der Waals surface area (Å²) >= 11 is 7.04. The summed E-state index contributed by atoms with van der Waals surface area (Å²) in [5, 5.41) is 0.786. The molecule has 0 radical (unpaired) electrons. The lowest BCUT2D eigenvalue weighted by Crippen LogP contribution is -1.99. The molecule has 0 aliphatic rings. The van der Waals surface area contributed by atoms with Crippen LogP contribution < -0.4 is 4.74 Å². The van der Waals surface area contributed by atoms with Crippen molar-refractivity contribution in [3.05, 3.63) is 63.1 Å². The second-order valence-corrected chi connectivity index (χ2v) is 6.06. The predicted octanol–water partition coefficient (Wildman–Crippen LogP) is 5.54. The molecule has 0 spiro atoms. The fourth-order valence-electron chi connectivity index (χ4n) is 2.13. The summed E-state index contributed by atoms with van der Waals surface area (Å²) in [7, 11) is 0. The van der Waals surface area contributed by atoms with Gasteiger partial charge in [0.25, 0.3) is 0 Å². The van der Waals surface area contributed by atoms with Crippen molar-refractivity contribution >= 4 is 31.9 Å². The van der Waals surface area contributed by atoms with Gasteiger partial charge in [-0.2, -0.15) is 0 Å². The van der Waals surface area contributed by atoms with Gasteiger partial charge in [0.1, 0.15) is 12.4 Å². The van der Waals surface area contributed by atoms with Crippen LogP contribution in [0.25, 0.3) is 0 Å². The number of alkyl halides is 1. The molecule has 0 saturated heterocycles. The normalized spacial score (nSPS) is 10.5. The Bertz CT molecular complexity index is 559. The van der Waals surface area contributed by atoms with Crippen molar-refractivity contribution in [2.24, 2.45) is 0 Å². The zero-order valence-electron chi connectivity index (χ0n) is 11.0. The summed E-state index contributed by atoms with van der Waals surface area (Å²) in [5.74, 6) is 0.915. The minimum atomic E-state index is 0.588. The lowest BCUT2D eigenvalue weighted by atomic mass is 10.1. The quantitative estimate of drug-likeness (QED) is 0.629. The van der Waals surface area contributed by atoms with Gasteiger partial charge >= 0.3 is 0 Å². The minimum absolute atomic E-state index is 0.588. The fourth-order valence-corrected chi connectivity index (χ4v) is 3.09. The van der Waals surface area contributed by atoms with Crippen molar-refractivity contribution in [2.75, 3.05) is 0 Å². The van der Waals surface area contributed by atoms with Crippen LogP contribution in [0.3, 0.4) is 0 Å². The molecule has 2 aromatic carbocycles. The highest BCUT2D eigenvalue weighted by molar-refractivity contribution is 9.10. The van der Waals surface area contributed by atoms with Gasteiger partial charge in [-0.1, -0.05) is 57.4 Å². The molecule has 19 heavy (non-hydrogen) atoms. The standard InChI is InChI=1S/C16H16Br2O/c1-11-6-12(2)8-13(7-11)10-19-16-14(9-17)4-3-5-15(16)18/h3-8H,9-10H2,1-2H3. The molecule has 2 rings (SSSR count). The second-order valence-electron chi connectivity index (χ2n) is 4.65. The van der Waals surface area contributed by atoms with Crippen molar-refractivity contribution in [3.63, 3.8) is 0 Å². The van der Waals surface area contributed by atoms with E-state index in [1.807, 2.05) is 12.1 Å². The van der Waals surface area contributed by atoms with Gasteiger partial charge in [0.2, 0.25) is 0 Å². The molecule has 0 aliphatic heterocycles. The van der Waals surface area contributed by atoms with E-state index >= 15 is 0 Å². The van der Waals surface area contributed by atoms with Gasteiger partial charge in [0.15, 0.2) is 0 Å². The molecule has 0 N–H and O–H groups in total. The third-order valence-corrected chi connectivity index (χ3v) is 4.09. The highest BCUT2D eigenvalue weighted by Gasteiger charge is 2.07. The molecule has 0 heterocycles. The minimum Gasteiger partial charge on any atom is -0.487 e. The summed E-state index contributed by atoms with van der Waals surface area (Å²) in [6.45, 7) is 4.81. The zero-order valence-corrected chi connectivity index (χ0v) is 14.2. The molecule has 0 aliphatic carbocycles. The summed E-state index contributed by atoms with van der Waals surface area (Å²) in [4.78, 5) is 0. The number of ether oxygens (including phenoxy) is 1. The van der Waals surface area contributed by atoms with Gasteiger partial charge in [0, 0.05) is 10.9 Å². The Balaban J connectivity index is 2.18. The van der Waals surface area contributed by atoms with Gasteiger partial charge in [-0.15, -0.1) is 0 Å². The number of benzene rings is 2. The molecule has 0 atom stereocenters. The number of aryl methyl sites for hydroxylation is 2. The molecule has 2 aromatic rings. The highest BCUT2D eigenvalue weighted by Crippen LogP contribution is 2.31. The SMILES string of the molecule is Cc1cc(C)cc(COc2c(Br)cccc2CBr)c1. The van der Waals surface area contributed by atoms with Gasteiger partial charge in [-0.3, -0.25) is 0 Å². The molecule has 0 aromatic heterocycles. The van der Waals surface area contributed by atoms with Crippen LogP contribution in [0.2, 0.25) is 0 Å². The third-order valence-electron chi connectivity index (χ3n) is 2.86. The van der Waals surface area contributed by atoms with Gasteiger partial charge in [-0.25, -0.2) is 0 Å². The Morgan fingerprint density at radius 2 is 1.74 bits per heavy atom. The topological polar surface area (TPSA) is 9.23 Å². The van der Waals surface area contributed by atoms with E-state index in [-0.39, 0.29) is 0 Å². The first kappa shape index (κ1) is 14.6. The zero-order chi connectivity index (χ0) is 13.8. The van der Waals surface area contributed by atoms with Gasteiger partial charge in [0.05, 0.1) is 4.47 Å². The van der Waals surface area contributed by atoms with E-state index in [1.54, 1.807) is 0 Å². The summed E-state index contributed by atoms with van der Waals surface area (Å²) < 4.78 is 6.97. The van der Waals surface area contributed by atoms with Crippen LogP contribution in [0, 0.1) is 13.8 Å². The Kier molecular flexibility index (Phi) is 5.06. The molecule has 0 saturated carbocycles. The Labute approximate surface area is 131 Å². The largest absolute Gasteiger partial charge is 0.487 e. The Hall–Kier alpha value is -0.800. The number of hydrogen-bond donors (Lipinski definition) is 0. The summed E-state index contributed by atoms with van der Waals surface area (Å²) in [6, 6.07) is 12.6. The highest BCUT2D eigenvalue weighted by atomic mass is 79.9. The number of hydrogen-bond acceptors (Lipinski definition) is 1. The smallest absolute Gasteiger partial charge is 0.138 e. The van der Waals surface area contributed by atoms with Crippen molar-refractivity contribution in [1.29, 1.82) is 0 Å². The van der Waals surface area contributed by atoms with Crippen molar-refractivity contribution in [1.82, 2.24) is 0 Å². The Morgan fingerprint density at radius 3 is 2.37 bits per heavy atom. The average Bonchev–Trinajstić information content (AvgIpc) is 2.36. The molecule has 1 nitrogen and oxygen atoms in total. The maximum atomic E-state index is 5.98. The summed E-state index contributed by atoms with van der Waals surface area (Å²) in [5.41, 5.74) is 4.89. The van der Waals surface area contributed by atoms with Crippen LogP contribution in [-0.2, 0) is 11.9 Å². The molecule has 100 valence electrons. The van der Waals surface area contributed by atoms with Crippen LogP contribution in [-0.4, -0.2) is 0 Å². The predicted molar refractivity (Wildman–Crippen MR) is 87.0 cm³/mol. The first-order valence-electron chi connectivity index (χ1n) is 6.13. The molecular weight excluding hydrogens is 368 g/mol. The number of halogens is 2. The van der Waals surface area contributed by atoms with E-state index in [0.29, 0.717) is 6.61 Å². The van der Waals surface area contributed by atoms with Crippen LogP contribution in [0.5, 0.6) is 5.75 Å². The van der Waals surface area contributed by atoms with E-state index in [4.69, 9.17) is 4.74 Å². The first-order chi connectivity index (χ1) is 9.10. The van der Waals surface area contributed by atoms with Crippen LogP contribution >= 0.6 is 31.9 Å². The van der Waals surface area contributed by atoms with E-state index in [1.165, 1.54) is 16.7 Å². The molecular formula is C16H16Br2O. The number of para-hydroxylation sites is 1. The monoisotopic (exact) mass is 382 g/mol. The maximum Gasteiger partial charge on any atom is 0.138 e. The lowest BCUT2D eigenvalue weighted by Gasteiger charge is -2.13. The van der Waals surface area contributed by atoms with Crippen molar-refractivity contribution in [2.45, 2.75) is 25.8 Å². The molecule has 0 unspecified atom stereocenters. The fraction of sp³-hybridized carbons (Fsp3) is 0.250. The molecule has 0 fully saturated rings. The van der Waals surface area contributed by atoms with Crippen molar-refractivity contribution < 1.29 is 4.74 Å². The van der Waals surface area contributed by atoms with Crippen LogP contribution in [0.1, 0.15) is 22.3 Å². The maximum absolute atomic E-state index is 5.98. The van der Waals surface area contributed by atoms with E-state index in [0.717, 1.165) is 21.1 Å². The van der Waals surface area contributed by atoms with Crippen molar-refractivity contribution in [3.8, 4) is 5.75 Å². The molecule has 0 bridgehead atoms. The van der Waals surface area contributed by atoms with E-state index in [2.05, 4.69) is 70.0 Å². The first-order valence-corrected chi connectivity index (χ1v) is 8.05. The lowest BCUT2D eigenvalue weighted by molar-refractivity contribution is 0.302. The average molecular weight is 384 g/mol. The van der Waals surface area contributed by atoms with Gasteiger partial charge < -0.3 is 4.74 Å². The summed E-state index contributed by atoms with van der Waals surface area (Å²) in [6.07, 6.45) is 0. The molecule has 3 heteroatoms. The van der Waals surface area contributed by atoms with Crippen LogP contribution in [0.15, 0.2) is 40.9 Å².